The van der Waals surface area contributed by atoms with Crippen LogP contribution < -0.4 is 5.73 Å². The summed E-state index contributed by atoms with van der Waals surface area (Å²) in [5.41, 5.74) is 8.28. The van der Waals surface area contributed by atoms with E-state index in [4.69, 9.17) is 28.9 Å². The van der Waals surface area contributed by atoms with Gasteiger partial charge in [-0.15, -0.1) is 0 Å². The summed E-state index contributed by atoms with van der Waals surface area (Å²) < 4.78 is 1.20. The molecule has 0 aromatic heterocycles. The van der Waals surface area contributed by atoms with Crippen molar-refractivity contribution in [3.05, 3.63) is 67.2 Å². The van der Waals surface area contributed by atoms with Crippen LogP contribution in [0.2, 0.25) is 10.0 Å². The largest absolute Gasteiger partial charge is 0.324 e. The van der Waals surface area contributed by atoms with E-state index in [9.17, 15) is 0 Å². The van der Waals surface area contributed by atoms with Gasteiger partial charge in [-0.25, -0.2) is 0 Å². The van der Waals surface area contributed by atoms with E-state index in [1.54, 1.807) is 6.07 Å². The number of rotatable bonds is 3. The highest BCUT2D eigenvalue weighted by Crippen LogP contribution is 2.28. The Balaban J connectivity index is 2.18. The number of hydrogen-bond donors (Lipinski definition) is 1. The molecule has 0 saturated heterocycles. The van der Waals surface area contributed by atoms with Gasteiger partial charge in [-0.2, -0.15) is 0 Å². The van der Waals surface area contributed by atoms with Crippen LogP contribution in [0.3, 0.4) is 0 Å². The second-order valence-corrected chi connectivity index (χ2v) is 6.11. The molecule has 0 radical (unpaired) electrons. The summed E-state index contributed by atoms with van der Waals surface area (Å²) in [5.74, 6) is 0. The van der Waals surface area contributed by atoms with E-state index >= 15 is 0 Å². The van der Waals surface area contributed by atoms with Gasteiger partial charge in [0.2, 0.25) is 0 Å². The Morgan fingerprint density at radius 2 is 1.72 bits per heavy atom. The molecule has 0 aliphatic carbocycles. The molecule has 2 N–H and O–H groups in total. The molecule has 4 heteroatoms. The average Bonchev–Trinajstić information content (AvgIpc) is 2.36. The number of nitrogens with two attached hydrogens (primary N) is 1. The molecule has 1 atom stereocenters. The standard InChI is InChI=1S/C14H12Cl2IN/c15-12-3-1-2-10(14(12)16)8-13(18)9-4-6-11(17)7-5-9/h1-7,13H,8,18H2. The quantitative estimate of drug-likeness (QED) is 0.744. The zero-order chi connectivity index (χ0) is 13.1. The molecule has 0 saturated carbocycles. The molecule has 1 nitrogen and oxygen atoms in total. The first kappa shape index (κ1) is 14.1. The number of hydrogen-bond acceptors (Lipinski definition) is 1. The van der Waals surface area contributed by atoms with Crippen LogP contribution in [-0.4, -0.2) is 0 Å². The summed E-state index contributed by atoms with van der Waals surface area (Å²) in [6.07, 6.45) is 0.681. The molecule has 1 unspecified atom stereocenters. The minimum atomic E-state index is -0.0713. The lowest BCUT2D eigenvalue weighted by Gasteiger charge is -2.13. The first-order valence-corrected chi connectivity index (χ1v) is 7.35. The fraction of sp³-hybridized carbons (Fsp3) is 0.143. The summed E-state index contributed by atoms with van der Waals surface area (Å²) >= 11 is 14.4. The molecule has 0 aliphatic heterocycles. The van der Waals surface area contributed by atoms with Gasteiger partial charge < -0.3 is 5.73 Å². The zero-order valence-corrected chi connectivity index (χ0v) is 13.2. The van der Waals surface area contributed by atoms with E-state index in [1.807, 2.05) is 24.3 Å². The molecule has 0 heterocycles. The maximum Gasteiger partial charge on any atom is 0.0624 e. The summed E-state index contributed by atoms with van der Waals surface area (Å²) in [7, 11) is 0. The van der Waals surface area contributed by atoms with Crippen molar-refractivity contribution < 1.29 is 0 Å². The molecule has 2 rings (SSSR count). The minimum Gasteiger partial charge on any atom is -0.324 e. The van der Waals surface area contributed by atoms with Gasteiger partial charge in [0.1, 0.15) is 0 Å². The molecular weight excluding hydrogens is 380 g/mol. The second-order valence-electron chi connectivity index (χ2n) is 4.08. The molecular formula is C14H12Cl2IN. The highest BCUT2D eigenvalue weighted by atomic mass is 127. The molecule has 18 heavy (non-hydrogen) atoms. The molecule has 0 fully saturated rings. The van der Waals surface area contributed by atoms with E-state index in [-0.39, 0.29) is 6.04 Å². The zero-order valence-electron chi connectivity index (χ0n) is 9.54. The topological polar surface area (TPSA) is 26.0 Å². The number of benzene rings is 2. The van der Waals surface area contributed by atoms with Crippen molar-refractivity contribution >= 4 is 45.8 Å². The van der Waals surface area contributed by atoms with Crippen LogP contribution in [0.1, 0.15) is 17.2 Å². The first-order valence-electron chi connectivity index (χ1n) is 5.52. The van der Waals surface area contributed by atoms with E-state index in [0.717, 1.165) is 11.1 Å². The fourth-order valence-corrected chi connectivity index (χ4v) is 2.53. The van der Waals surface area contributed by atoms with Crippen molar-refractivity contribution in [2.24, 2.45) is 5.73 Å². The second kappa shape index (κ2) is 6.24. The summed E-state index contributed by atoms with van der Waals surface area (Å²) in [6, 6.07) is 13.8. The molecule has 0 bridgehead atoms. The maximum atomic E-state index is 6.19. The van der Waals surface area contributed by atoms with Gasteiger partial charge in [0, 0.05) is 9.61 Å². The lowest BCUT2D eigenvalue weighted by atomic mass is 10.00. The van der Waals surface area contributed by atoms with Crippen LogP contribution in [0.25, 0.3) is 0 Å². The van der Waals surface area contributed by atoms with Crippen molar-refractivity contribution in [1.29, 1.82) is 0 Å². The third kappa shape index (κ3) is 3.38. The Morgan fingerprint density at radius 1 is 1.06 bits per heavy atom. The normalized spacial score (nSPS) is 12.4. The highest BCUT2D eigenvalue weighted by molar-refractivity contribution is 14.1. The Bertz CT molecular complexity index is 540. The minimum absolute atomic E-state index is 0.0713. The molecule has 0 spiro atoms. The van der Waals surface area contributed by atoms with Crippen molar-refractivity contribution in [2.45, 2.75) is 12.5 Å². The van der Waals surface area contributed by atoms with Gasteiger partial charge in [-0.05, 0) is 58.3 Å². The predicted molar refractivity (Wildman–Crippen MR) is 86.3 cm³/mol. The van der Waals surface area contributed by atoms with Crippen molar-refractivity contribution in [3.8, 4) is 0 Å². The molecule has 2 aromatic carbocycles. The Labute approximate surface area is 130 Å². The van der Waals surface area contributed by atoms with Crippen molar-refractivity contribution in [2.75, 3.05) is 0 Å². The molecule has 0 aliphatic rings. The molecule has 0 amide bonds. The van der Waals surface area contributed by atoms with Crippen LogP contribution >= 0.6 is 45.8 Å². The van der Waals surface area contributed by atoms with Crippen molar-refractivity contribution in [1.82, 2.24) is 0 Å². The van der Waals surface area contributed by atoms with E-state index < -0.39 is 0 Å². The average molecular weight is 392 g/mol. The van der Waals surface area contributed by atoms with Crippen molar-refractivity contribution in [3.63, 3.8) is 0 Å². The van der Waals surface area contributed by atoms with Crippen LogP contribution in [0.4, 0.5) is 0 Å². The first-order chi connectivity index (χ1) is 8.58. The monoisotopic (exact) mass is 391 g/mol. The summed E-state index contributed by atoms with van der Waals surface area (Å²) in [4.78, 5) is 0. The van der Waals surface area contributed by atoms with Crippen LogP contribution in [-0.2, 0) is 6.42 Å². The van der Waals surface area contributed by atoms with Gasteiger partial charge in [0.25, 0.3) is 0 Å². The van der Waals surface area contributed by atoms with E-state index in [1.165, 1.54) is 3.57 Å². The third-order valence-electron chi connectivity index (χ3n) is 2.77. The Hall–Kier alpha value is -0.290. The lowest BCUT2D eigenvalue weighted by Crippen LogP contribution is -2.13. The van der Waals surface area contributed by atoms with Gasteiger partial charge in [-0.3, -0.25) is 0 Å². The van der Waals surface area contributed by atoms with E-state index in [0.29, 0.717) is 16.5 Å². The maximum absolute atomic E-state index is 6.19. The summed E-state index contributed by atoms with van der Waals surface area (Å²) in [5, 5.41) is 1.17. The molecule has 2 aromatic rings. The van der Waals surface area contributed by atoms with Gasteiger partial charge in [-0.1, -0.05) is 47.5 Å². The van der Waals surface area contributed by atoms with Gasteiger partial charge in [0.15, 0.2) is 0 Å². The SMILES string of the molecule is NC(Cc1cccc(Cl)c1Cl)c1ccc(I)cc1. The highest BCUT2D eigenvalue weighted by Gasteiger charge is 2.11. The molecule has 94 valence electrons. The Kier molecular flexibility index (Phi) is 4.90. The van der Waals surface area contributed by atoms with Crippen LogP contribution in [0.15, 0.2) is 42.5 Å². The Morgan fingerprint density at radius 3 is 2.39 bits per heavy atom. The summed E-state index contributed by atoms with van der Waals surface area (Å²) in [6.45, 7) is 0. The van der Waals surface area contributed by atoms with Crippen LogP contribution in [0.5, 0.6) is 0 Å². The predicted octanol–water partition coefficient (Wildman–Crippen LogP) is 4.84. The fourth-order valence-electron chi connectivity index (χ4n) is 1.77. The van der Waals surface area contributed by atoms with E-state index in [2.05, 4.69) is 34.7 Å². The smallest absolute Gasteiger partial charge is 0.0624 e. The van der Waals surface area contributed by atoms with Crippen LogP contribution in [0, 0.1) is 3.57 Å². The number of halogens is 3. The lowest BCUT2D eigenvalue weighted by molar-refractivity contribution is 0.722. The van der Waals surface area contributed by atoms with Gasteiger partial charge >= 0.3 is 0 Å². The van der Waals surface area contributed by atoms with Gasteiger partial charge in [0.05, 0.1) is 10.0 Å². The third-order valence-corrected chi connectivity index (χ3v) is 4.35.